The summed E-state index contributed by atoms with van der Waals surface area (Å²) in [6.07, 6.45) is 2.91. The Morgan fingerprint density at radius 1 is 1.19 bits per heavy atom. The first-order valence-electron chi connectivity index (χ1n) is 7.71. The molecular weight excluding hydrogens is 414 g/mol. The minimum Gasteiger partial charge on any atom is -0.493 e. The number of carbonyl (C=O) groups is 1. The van der Waals surface area contributed by atoms with Crippen LogP contribution in [0, 0.1) is 11.3 Å². The number of carbonyl (C=O) groups excluding carboxylic acids is 1. The minimum absolute atomic E-state index is 0.144. The number of ether oxygens (including phenoxy) is 2. The first-order valence-corrected chi connectivity index (χ1v) is 8.51. The Labute approximate surface area is 162 Å². The fourth-order valence-electron chi connectivity index (χ4n) is 2.40. The predicted molar refractivity (Wildman–Crippen MR) is 103 cm³/mol. The van der Waals surface area contributed by atoms with Gasteiger partial charge in [-0.3, -0.25) is 0 Å². The Kier molecular flexibility index (Phi) is 5.38. The maximum atomic E-state index is 12.5. The quantitative estimate of drug-likeness (QED) is 0.267. The Morgan fingerprint density at radius 3 is 2.74 bits per heavy atom. The number of nitrogens with zero attached hydrogens (tertiary/aromatic N) is 1. The van der Waals surface area contributed by atoms with Crippen LogP contribution in [0.15, 0.2) is 62.2 Å². The van der Waals surface area contributed by atoms with Crippen molar-refractivity contribution in [3.8, 4) is 17.6 Å². The van der Waals surface area contributed by atoms with Crippen LogP contribution in [-0.2, 0) is 0 Å². The molecule has 0 bridgehead atoms. The molecule has 0 fully saturated rings. The Hall–Kier alpha value is -3.37. The van der Waals surface area contributed by atoms with E-state index < -0.39 is 11.6 Å². The second-order valence-electron chi connectivity index (χ2n) is 5.39. The van der Waals surface area contributed by atoms with Gasteiger partial charge in [-0.25, -0.2) is 9.59 Å². The standard InChI is InChI=1S/C20H12BrNO5/c1-25-18-9-12(3-2-8-22)4-6-17(18)27-20(24)15-11-13-10-14(21)5-7-16(13)26-19(15)23/h2-7,9-11H,1H3/b3-2-. The van der Waals surface area contributed by atoms with Crippen molar-refractivity contribution in [3.63, 3.8) is 0 Å². The van der Waals surface area contributed by atoms with Crippen LogP contribution in [0.2, 0.25) is 0 Å². The summed E-state index contributed by atoms with van der Waals surface area (Å²) >= 11 is 3.33. The molecule has 3 rings (SSSR count). The van der Waals surface area contributed by atoms with E-state index >= 15 is 0 Å². The molecule has 0 aliphatic rings. The van der Waals surface area contributed by atoms with E-state index in [4.69, 9.17) is 19.2 Å². The van der Waals surface area contributed by atoms with Crippen molar-refractivity contribution in [1.82, 2.24) is 0 Å². The van der Waals surface area contributed by atoms with Crippen molar-refractivity contribution < 1.29 is 18.7 Å². The lowest BCUT2D eigenvalue weighted by atomic mass is 10.1. The molecular formula is C20H12BrNO5. The molecule has 1 aromatic heterocycles. The van der Waals surface area contributed by atoms with Gasteiger partial charge in [0.1, 0.15) is 11.1 Å². The van der Waals surface area contributed by atoms with Crippen molar-refractivity contribution >= 4 is 38.9 Å². The van der Waals surface area contributed by atoms with Gasteiger partial charge in [0.15, 0.2) is 11.5 Å². The molecule has 0 atom stereocenters. The molecule has 7 heteroatoms. The van der Waals surface area contributed by atoms with E-state index in [0.29, 0.717) is 16.5 Å². The highest BCUT2D eigenvalue weighted by Crippen LogP contribution is 2.29. The number of hydrogen-bond donors (Lipinski definition) is 0. The number of halogens is 1. The average molecular weight is 426 g/mol. The van der Waals surface area contributed by atoms with Gasteiger partial charge in [0.25, 0.3) is 0 Å². The van der Waals surface area contributed by atoms with E-state index in [1.165, 1.54) is 25.3 Å². The normalized spacial score (nSPS) is 10.7. The largest absolute Gasteiger partial charge is 0.493 e. The van der Waals surface area contributed by atoms with Gasteiger partial charge in [-0.05, 0) is 48.0 Å². The molecule has 0 aliphatic carbocycles. The molecule has 0 saturated heterocycles. The van der Waals surface area contributed by atoms with Crippen molar-refractivity contribution in [2.45, 2.75) is 0 Å². The Balaban J connectivity index is 1.94. The fraction of sp³-hybridized carbons (Fsp3) is 0.0500. The lowest BCUT2D eigenvalue weighted by Crippen LogP contribution is -2.19. The topological polar surface area (TPSA) is 89.5 Å². The molecule has 6 nitrogen and oxygen atoms in total. The molecule has 134 valence electrons. The van der Waals surface area contributed by atoms with Gasteiger partial charge >= 0.3 is 11.6 Å². The first-order chi connectivity index (χ1) is 13.0. The summed E-state index contributed by atoms with van der Waals surface area (Å²) < 4.78 is 16.5. The molecule has 0 unspecified atom stereocenters. The number of allylic oxidation sites excluding steroid dienone is 1. The smallest absolute Gasteiger partial charge is 0.351 e. The highest BCUT2D eigenvalue weighted by atomic mass is 79.9. The van der Waals surface area contributed by atoms with Gasteiger partial charge < -0.3 is 13.9 Å². The van der Waals surface area contributed by atoms with E-state index in [-0.39, 0.29) is 17.1 Å². The fourth-order valence-corrected chi connectivity index (χ4v) is 2.78. The molecule has 0 saturated carbocycles. The monoisotopic (exact) mass is 425 g/mol. The van der Waals surface area contributed by atoms with Crippen LogP contribution in [-0.4, -0.2) is 13.1 Å². The number of methoxy groups -OCH3 is 1. The Bertz CT molecular complexity index is 1160. The SMILES string of the molecule is COc1cc(/C=C\C#N)ccc1OC(=O)c1cc2cc(Br)ccc2oc1=O. The lowest BCUT2D eigenvalue weighted by molar-refractivity contribution is 0.0725. The maximum absolute atomic E-state index is 12.5. The average Bonchev–Trinajstić information content (AvgIpc) is 2.66. The second-order valence-corrected chi connectivity index (χ2v) is 6.31. The van der Waals surface area contributed by atoms with Gasteiger partial charge in [0.2, 0.25) is 0 Å². The number of rotatable bonds is 4. The summed E-state index contributed by atoms with van der Waals surface area (Å²) in [6, 6.07) is 13.2. The molecule has 27 heavy (non-hydrogen) atoms. The summed E-state index contributed by atoms with van der Waals surface area (Å²) in [5.41, 5.74) is 0.0488. The van der Waals surface area contributed by atoms with Gasteiger partial charge in [-0.1, -0.05) is 22.0 Å². The molecule has 3 aromatic rings. The summed E-state index contributed by atoms with van der Waals surface area (Å²) in [6.45, 7) is 0. The van der Waals surface area contributed by atoms with Crippen LogP contribution < -0.4 is 15.1 Å². The van der Waals surface area contributed by atoms with Crippen molar-refractivity contribution in [3.05, 3.63) is 74.6 Å². The van der Waals surface area contributed by atoms with Crippen LogP contribution in [0.5, 0.6) is 11.5 Å². The van der Waals surface area contributed by atoms with Gasteiger partial charge in [0.05, 0.1) is 13.2 Å². The van der Waals surface area contributed by atoms with Crippen LogP contribution in [0.3, 0.4) is 0 Å². The number of esters is 1. The van der Waals surface area contributed by atoms with Gasteiger partial charge in [-0.15, -0.1) is 0 Å². The number of hydrogen-bond acceptors (Lipinski definition) is 6. The zero-order chi connectivity index (χ0) is 19.4. The Morgan fingerprint density at radius 2 is 2.00 bits per heavy atom. The number of fused-ring (bicyclic) bond motifs is 1. The van der Waals surface area contributed by atoms with Crippen molar-refractivity contribution in [1.29, 1.82) is 5.26 Å². The number of benzene rings is 2. The summed E-state index contributed by atoms with van der Waals surface area (Å²) in [5, 5.41) is 9.18. The third-order valence-corrected chi connectivity index (χ3v) is 4.15. The van der Waals surface area contributed by atoms with E-state index in [1.54, 1.807) is 36.4 Å². The minimum atomic E-state index is -0.857. The highest BCUT2D eigenvalue weighted by molar-refractivity contribution is 9.10. The third kappa shape index (κ3) is 4.07. The molecule has 2 aromatic carbocycles. The lowest BCUT2D eigenvalue weighted by Gasteiger charge is -2.10. The van der Waals surface area contributed by atoms with E-state index in [1.807, 2.05) is 6.07 Å². The molecule has 1 heterocycles. The second kappa shape index (κ2) is 7.89. The predicted octanol–water partition coefficient (Wildman–Crippen LogP) is 4.32. The maximum Gasteiger partial charge on any atom is 0.351 e. The molecule has 0 aliphatic heterocycles. The molecule has 0 amide bonds. The van der Waals surface area contributed by atoms with Gasteiger partial charge in [0, 0.05) is 15.9 Å². The van der Waals surface area contributed by atoms with Crippen LogP contribution in [0.25, 0.3) is 17.0 Å². The molecule has 0 radical (unpaired) electrons. The van der Waals surface area contributed by atoms with Crippen molar-refractivity contribution in [2.24, 2.45) is 0 Å². The number of nitriles is 1. The first kappa shape index (κ1) is 18.4. The molecule has 0 spiro atoms. The van der Waals surface area contributed by atoms with E-state index in [2.05, 4.69) is 15.9 Å². The van der Waals surface area contributed by atoms with Crippen LogP contribution >= 0.6 is 15.9 Å². The summed E-state index contributed by atoms with van der Waals surface area (Å²) in [5.74, 6) is -0.425. The zero-order valence-electron chi connectivity index (χ0n) is 14.1. The summed E-state index contributed by atoms with van der Waals surface area (Å²) in [7, 11) is 1.42. The highest BCUT2D eigenvalue weighted by Gasteiger charge is 2.18. The van der Waals surface area contributed by atoms with Crippen LogP contribution in [0.1, 0.15) is 15.9 Å². The molecule has 0 N–H and O–H groups in total. The van der Waals surface area contributed by atoms with E-state index in [9.17, 15) is 9.59 Å². The van der Waals surface area contributed by atoms with E-state index in [0.717, 1.165) is 4.47 Å². The zero-order valence-corrected chi connectivity index (χ0v) is 15.6. The summed E-state index contributed by atoms with van der Waals surface area (Å²) in [4.78, 5) is 24.6. The van der Waals surface area contributed by atoms with Gasteiger partial charge in [-0.2, -0.15) is 5.26 Å². The van der Waals surface area contributed by atoms with Crippen LogP contribution in [0.4, 0.5) is 0 Å². The third-order valence-electron chi connectivity index (χ3n) is 3.65. The van der Waals surface area contributed by atoms with Crippen molar-refractivity contribution in [2.75, 3.05) is 7.11 Å².